The lowest BCUT2D eigenvalue weighted by atomic mass is 10.0. The fourth-order valence-electron chi connectivity index (χ4n) is 2.57. The Bertz CT molecular complexity index is 902. The topological polar surface area (TPSA) is 98.5 Å². The number of nitro benzene ring substituents is 1. The van der Waals surface area contributed by atoms with Crippen LogP contribution in [0, 0.1) is 10.1 Å². The third-order valence-corrected chi connectivity index (χ3v) is 4.29. The lowest BCUT2D eigenvalue weighted by molar-refractivity contribution is -0.385. The molecular weight excluding hydrogens is 407 g/mol. The van der Waals surface area contributed by atoms with Crippen LogP contribution in [0.1, 0.15) is 42.2 Å². The molecule has 0 bridgehead atoms. The van der Waals surface area contributed by atoms with Crippen LogP contribution in [0.15, 0.2) is 42.5 Å². The molecular formula is C19H18Cl2N2O5. The van der Waals surface area contributed by atoms with Gasteiger partial charge in [-0.25, -0.2) is 0 Å². The Hall–Kier alpha value is -2.64. The third kappa shape index (κ3) is 5.68. The van der Waals surface area contributed by atoms with E-state index in [-0.39, 0.29) is 34.4 Å². The Morgan fingerprint density at radius 1 is 1.18 bits per heavy atom. The van der Waals surface area contributed by atoms with Crippen molar-refractivity contribution in [2.24, 2.45) is 0 Å². The van der Waals surface area contributed by atoms with Gasteiger partial charge in [0, 0.05) is 11.1 Å². The molecule has 0 aliphatic heterocycles. The van der Waals surface area contributed by atoms with Gasteiger partial charge in [-0.1, -0.05) is 41.4 Å². The van der Waals surface area contributed by atoms with Crippen LogP contribution in [0.25, 0.3) is 0 Å². The highest BCUT2D eigenvalue weighted by Crippen LogP contribution is 2.29. The van der Waals surface area contributed by atoms with E-state index < -0.39 is 22.8 Å². The number of ether oxygens (including phenoxy) is 1. The molecule has 0 saturated heterocycles. The molecule has 0 aliphatic rings. The van der Waals surface area contributed by atoms with Crippen molar-refractivity contribution in [1.82, 2.24) is 5.32 Å². The Morgan fingerprint density at radius 2 is 1.86 bits per heavy atom. The van der Waals surface area contributed by atoms with Gasteiger partial charge in [0.25, 0.3) is 11.6 Å². The molecule has 2 rings (SSSR count). The number of rotatable bonds is 7. The molecule has 2 aromatic rings. The summed E-state index contributed by atoms with van der Waals surface area (Å²) in [5, 5.41) is 14.5. The number of hydrogen-bond acceptors (Lipinski definition) is 5. The van der Waals surface area contributed by atoms with Crippen LogP contribution in [0.4, 0.5) is 5.69 Å². The Morgan fingerprint density at radius 3 is 2.50 bits per heavy atom. The average molecular weight is 425 g/mol. The first-order valence-corrected chi connectivity index (χ1v) is 9.13. The van der Waals surface area contributed by atoms with Crippen LogP contribution >= 0.6 is 23.2 Å². The van der Waals surface area contributed by atoms with Crippen LogP contribution in [-0.4, -0.2) is 22.9 Å². The van der Waals surface area contributed by atoms with Crippen molar-refractivity contribution in [2.75, 3.05) is 0 Å². The van der Waals surface area contributed by atoms with E-state index in [2.05, 4.69) is 5.32 Å². The molecule has 0 fully saturated rings. The van der Waals surface area contributed by atoms with Crippen LogP contribution in [0.2, 0.25) is 10.0 Å². The van der Waals surface area contributed by atoms with Gasteiger partial charge < -0.3 is 10.1 Å². The van der Waals surface area contributed by atoms with Crippen molar-refractivity contribution in [3.63, 3.8) is 0 Å². The lowest BCUT2D eigenvalue weighted by Gasteiger charge is -2.20. The number of nitrogens with one attached hydrogen (secondary N) is 1. The number of para-hydroxylation sites is 1. The predicted octanol–water partition coefficient (Wildman–Crippen LogP) is 4.71. The molecule has 9 heteroatoms. The van der Waals surface area contributed by atoms with Gasteiger partial charge in [-0.3, -0.25) is 19.7 Å². The maximum absolute atomic E-state index is 12.7. The zero-order chi connectivity index (χ0) is 20.8. The maximum atomic E-state index is 12.7. The Kier molecular flexibility index (Phi) is 7.37. The van der Waals surface area contributed by atoms with E-state index in [9.17, 15) is 19.7 Å². The molecule has 0 spiro atoms. The number of nitrogens with zero attached hydrogens (tertiary/aromatic N) is 1. The molecule has 28 heavy (non-hydrogen) atoms. The van der Waals surface area contributed by atoms with Crippen LogP contribution in [0.3, 0.4) is 0 Å². The normalized spacial score (nSPS) is 11.8. The summed E-state index contributed by atoms with van der Waals surface area (Å²) in [7, 11) is 0. The van der Waals surface area contributed by atoms with E-state index >= 15 is 0 Å². The second-order valence-corrected chi connectivity index (χ2v) is 7.05. The van der Waals surface area contributed by atoms with E-state index in [0.717, 1.165) is 0 Å². The van der Waals surface area contributed by atoms with Gasteiger partial charge in [-0.05, 0) is 32.0 Å². The quantitative estimate of drug-likeness (QED) is 0.393. The molecule has 0 heterocycles. The van der Waals surface area contributed by atoms with Crippen LogP contribution in [-0.2, 0) is 9.53 Å². The van der Waals surface area contributed by atoms with Gasteiger partial charge in [0.05, 0.1) is 39.6 Å². The number of hydrogen-bond donors (Lipinski definition) is 1. The highest BCUT2D eigenvalue weighted by atomic mass is 35.5. The fourth-order valence-corrected chi connectivity index (χ4v) is 2.95. The fraction of sp³-hybridized carbons (Fsp3) is 0.263. The van der Waals surface area contributed by atoms with E-state index in [1.54, 1.807) is 19.9 Å². The van der Waals surface area contributed by atoms with E-state index in [1.807, 2.05) is 0 Å². The summed E-state index contributed by atoms with van der Waals surface area (Å²) in [6, 6.07) is 9.24. The molecule has 1 N–H and O–H groups in total. The molecule has 148 valence electrons. The van der Waals surface area contributed by atoms with E-state index in [4.69, 9.17) is 27.9 Å². The number of carbonyl (C=O) groups excluding carboxylic acids is 2. The zero-order valence-electron chi connectivity index (χ0n) is 15.1. The van der Waals surface area contributed by atoms with E-state index in [0.29, 0.717) is 5.02 Å². The molecule has 1 unspecified atom stereocenters. The van der Waals surface area contributed by atoms with Crippen LogP contribution in [0.5, 0.6) is 0 Å². The highest BCUT2D eigenvalue weighted by molar-refractivity contribution is 6.35. The molecule has 7 nitrogen and oxygen atoms in total. The predicted molar refractivity (Wildman–Crippen MR) is 106 cm³/mol. The van der Waals surface area contributed by atoms with Gasteiger partial charge in [0.1, 0.15) is 0 Å². The molecule has 0 radical (unpaired) electrons. The average Bonchev–Trinajstić information content (AvgIpc) is 2.62. The first-order chi connectivity index (χ1) is 13.2. The van der Waals surface area contributed by atoms with Crippen molar-refractivity contribution in [3.05, 3.63) is 73.8 Å². The number of nitro groups is 1. The summed E-state index contributed by atoms with van der Waals surface area (Å²) in [4.78, 5) is 35.7. The van der Waals surface area contributed by atoms with Gasteiger partial charge in [-0.15, -0.1) is 0 Å². The number of amides is 1. The number of benzene rings is 2. The smallest absolute Gasteiger partial charge is 0.308 e. The Balaban J connectivity index is 2.38. The summed E-state index contributed by atoms with van der Waals surface area (Å²) in [5.74, 6) is -1.22. The molecule has 0 aliphatic carbocycles. The second kappa shape index (κ2) is 9.52. The van der Waals surface area contributed by atoms with Gasteiger partial charge in [0.15, 0.2) is 0 Å². The molecule has 2 aromatic carbocycles. The second-order valence-electron chi connectivity index (χ2n) is 6.21. The van der Waals surface area contributed by atoms with Gasteiger partial charge in [-0.2, -0.15) is 0 Å². The summed E-state index contributed by atoms with van der Waals surface area (Å²) >= 11 is 12.0. The number of halogens is 2. The highest BCUT2D eigenvalue weighted by Gasteiger charge is 2.27. The van der Waals surface area contributed by atoms with E-state index in [1.165, 1.54) is 36.4 Å². The minimum atomic E-state index is -0.990. The van der Waals surface area contributed by atoms with Crippen molar-refractivity contribution in [1.29, 1.82) is 0 Å². The standard InChI is InChI=1S/C19H18Cl2N2O5/c1-11(2)28-18(24)10-16(13-5-3-4-6-17(13)23(26)27)22-19(25)14-9-12(20)7-8-15(14)21/h3-9,11,16H,10H2,1-2H3,(H,22,25). The summed E-state index contributed by atoms with van der Waals surface area (Å²) in [6.07, 6.45) is -0.649. The van der Waals surface area contributed by atoms with Crippen molar-refractivity contribution in [3.8, 4) is 0 Å². The molecule has 0 aromatic heterocycles. The first kappa shape index (κ1) is 21.7. The maximum Gasteiger partial charge on any atom is 0.308 e. The van der Waals surface area contributed by atoms with Crippen molar-refractivity contribution >= 4 is 40.8 Å². The van der Waals surface area contributed by atoms with Gasteiger partial charge in [0.2, 0.25) is 0 Å². The van der Waals surface area contributed by atoms with Crippen molar-refractivity contribution < 1.29 is 19.2 Å². The van der Waals surface area contributed by atoms with Crippen molar-refractivity contribution in [2.45, 2.75) is 32.4 Å². The lowest BCUT2D eigenvalue weighted by Crippen LogP contribution is -2.31. The minimum absolute atomic E-state index is 0.0926. The Labute approximate surface area is 171 Å². The first-order valence-electron chi connectivity index (χ1n) is 8.37. The number of esters is 1. The summed E-state index contributed by atoms with van der Waals surface area (Å²) < 4.78 is 5.13. The summed E-state index contributed by atoms with van der Waals surface area (Å²) in [5.41, 5.74) is 0.0528. The zero-order valence-corrected chi connectivity index (χ0v) is 16.7. The SMILES string of the molecule is CC(C)OC(=O)CC(NC(=O)c1cc(Cl)ccc1Cl)c1ccccc1[N+](=O)[O-]. The molecule has 1 atom stereocenters. The van der Waals surface area contributed by atoms with Crippen LogP contribution < -0.4 is 5.32 Å². The minimum Gasteiger partial charge on any atom is -0.463 e. The number of carbonyl (C=O) groups is 2. The molecule has 1 amide bonds. The monoisotopic (exact) mass is 424 g/mol. The summed E-state index contributed by atoms with van der Waals surface area (Å²) in [6.45, 7) is 3.37. The van der Waals surface area contributed by atoms with Gasteiger partial charge >= 0.3 is 5.97 Å². The molecule has 0 saturated carbocycles. The largest absolute Gasteiger partial charge is 0.463 e. The third-order valence-electron chi connectivity index (χ3n) is 3.73.